The van der Waals surface area contributed by atoms with Gasteiger partial charge in [-0.15, -0.1) is 0 Å². The minimum atomic E-state index is -4.64. The summed E-state index contributed by atoms with van der Waals surface area (Å²) in [7, 11) is 0. The molecule has 0 saturated heterocycles. The van der Waals surface area contributed by atoms with Gasteiger partial charge in [-0.05, 0) is 47.3 Å². The molecule has 2 nitrogen and oxygen atoms in total. The zero-order chi connectivity index (χ0) is 17.0. The number of hydrogen-bond acceptors (Lipinski definition) is 2. The molecule has 1 heterocycles. The van der Waals surface area contributed by atoms with Crippen molar-refractivity contribution in [3.05, 3.63) is 47.5 Å². The van der Waals surface area contributed by atoms with Gasteiger partial charge in [0, 0.05) is 0 Å². The lowest BCUT2D eigenvalue weighted by Gasteiger charge is -2.24. The molecule has 0 amide bonds. The Balaban J connectivity index is 2.09. The van der Waals surface area contributed by atoms with Gasteiger partial charge in [-0.3, -0.25) is 0 Å². The van der Waals surface area contributed by atoms with Crippen LogP contribution < -0.4 is 15.7 Å². The SMILES string of the molecule is OB1c2cc(C(F)(F)F)ccc2Oc2ccc(C(F)(F)F)cc21. The van der Waals surface area contributed by atoms with Crippen molar-refractivity contribution in [2.24, 2.45) is 0 Å². The Labute approximate surface area is 126 Å². The fraction of sp³-hybridized carbons (Fsp3) is 0.143. The van der Waals surface area contributed by atoms with E-state index < -0.39 is 30.4 Å². The van der Waals surface area contributed by atoms with Crippen LogP contribution in [0.4, 0.5) is 26.3 Å². The van der Waals surface area contributed by atoms with Gasteiger partial charge in [0.05, 0.1) is 11.1 Å². The monoisotopic (exact) mass is 332 g/mol. The van der Waals surface area contributed by atoms with Gasteiger partial charge >= 0.3 is 19.3 Å². The molecule has 0 atom stereocenters. The van der Waals surface area contributed by atoms with Crippen LogP contribution in [0.2, 0.25) is 0 Å². The lowest BCUT2D eigenvalue weighted by atomic mass is 9.54. The molecule has 0 spiro atoms. The van der Waals surface area contributed by atoms with Crippen LogP contribution in [0.25, 0.3) is 0 Å². The summed E-state index contributed by atoms with van der Waals surface area (Å²) < 4.78 is 81.7. The number of fused-ring (bicyclic) bond motifs is 2. The van der Waals surface area contributed by atoms with Gasteiger partial charge in [0.1, 0.15) is 11.5 Å². The third-order valence-electron chi connectivity index (χ3n) is 3.48. The van der Waals surface area contributed by atoms with E-state index >= 15 is 0 Å². The molecule has 1 aliphatic rings. The van der Waals surface area contributed by atoms with Gasteiger partial charge < -0.3 is 9.76 Å². The first-order chi connectivity index (χ1) is 10.6. The van der Waals surface area contributed by atoms with Gasteiger partial charge in [-0.1, -0.05) is 0 Å². The number of hydrogen-bond donors (Lipinski definition) is 1. The fourth-order valence-electron chi connectivity index (χ4n) is 2.35. The molecule has 0 unspecified atom stereocenters. The van der Waals surface area contributed by atoms with Crippen LogP contribution >= 0.6 is 0 Å². The Kier molecular flexibility index (Phi) is 3.37. The second-order valence-corrected chi connectivity index (χ2v) is 5.01. The van der Waals surface area contributed by atoms with E-state index in [0.29, 0.717) is 12.1 Å². The number of alkyl halides is 6. The average molecular weight is 332 g/mol. The van der Waals surface area contributed by atoms with Crippen molar-refractivity contribution in [2.45, 2.75) is 12.4 Å². The van der Waals surface area contributed by atoms with Crippen LogP contribution in [0.3, 0.4) is 0 Å². The molecule has 1 N–H and O–H groups in total. The molecule has 2 aromatic rings. The number of ether oxygens (including phenoxy) is 1. The minimum Gasteiger partial charge on any atom is -0.458 e. The van der Waals surface area contributed by atoms with Crippen molar-refractivity contribution >= 4 is 17.8 Å². The van der Waals surface area contributed by atoms with E-state index in [2.05, 4.69) is 0 Å². The van der Waals surface area contributed by atoms with Crippen molar-refractivity contribution in [3.8, 4) is 11.5 Å². The Morgan fingerprint density at radius 1 is 0.739 bits per heavy atom. The predicted octanol–water partition coefficient (Wildman–Crippen LogP) is 2.93. The molecule has 0 aromatic heterocycles. The Bertz CT molecular complexity index is 705. The van der Waals surface area contributed by atoms with E-state index in [-0.39, 0.29) is 22.4 Å². The molecular formula is C14H7BF6O2. The topological polar surface area (TPSA) is 29.5 Å². The summed E-state index contributed by atoms with van der Waals surface area (Å²) in [6.45, 7) is -1.64. The summed E-state index contributed by atoms with van der Waals surface area (Å²) in [6, 6.07) is 4.96. The molecule has 0 aliphatic carbocycles. The van der Waals surface area contributed by atoms with Gasteiger partial charge in [0.25, 0.3) is 0 Å². The first kappa shape index (κ1) is 15.7. The molecular weight excluding hydrogens is 325 g/mol. The Hall–Kier alpha value is -2.16. The van der Waals surface area contributed by atoms with Crippen molar-refractivity contribution in [3.63, 3.8) is 0 Å². The Morgan fingerprint density at radius 3 is 1.48 bits per heavy atom. The highest BCUT2D eigenvalue weighted by molar-refractivity contribution is 6.80. The van der Waals surface area contributed by atoms with Crippen LogP contribution in [0.15, 0.2) is 36.4 Å². The molecule has 0 radical (unpaired) electrons. The zero-order valence-corrected chi connectivity index (χ0v) is 11.2. The maximum Gasteiger partial charge on any atom is 0.416 e. The first-order valence-electron chi connectivity index (χ1n) is 6.35. The normalized spacial score (nSPS) is 14.1. The van der Waals surface area contributed by atoms with Crippen LogP contribution in [-0.4, -0.2) is 11.9 Å². The van der Waals surface area contributed by atoms with Gasteiger partial charge in [-0.2, -0.15) is 26.3 Å². The lowest BCUT2D eigenvalue weighted by Crippen LogP contribution is -2.47. The summed E-state index contributed by atoms with van der Waals surface area (Å²) in [5.41, 5.74) is -2.50. The smallest absolute Gasteiger partial charge is 0.416 e. The second kappa shape index (κ2) is 4.92. The summed E-state index contributed by atoms with van der Waals surface area (Å²) >= 11 is 0. The van der Waals surface area contributed by atoms with Crippen LogP contribution in [-0.2, 0) is 12.4 Å². The number of benzene rings is 2. The van der Waals surface area contributed by atoms with Gasteiger partial charge in [0.15, 0.2) is 0 Å². The van der Waals surface area contributed by atoms with E-state index in [1.807, 2.05) is 0 Å². The lowest BCUT2D eigenvalue weighted by molar-refractivity contribution is -0.138. The molecule has 3 rings (SSSR count). The van der Waals surface area contributed by atoms with E-state index in [1.165, 1.54) is 0 Å². The molecule has 0 saturated carbocycles. The highest BCUT2D eigenvalue weighted by atomic mass is 19.4. The first-order valence-corrected chi connectivity index (χ1v) is 6.35. The highest BCUT2D eigenvalue weighted by Crippen LogP contribution is 2.34. The average Bonchev–Trinajstić information content (AvgIpc) is 2.45. The third-order valence-corrected chi connectivity index (χ3v) is 3.48. The minimum absolute atomic E-state index is 0.0299. The molecule has 0 bridgehead atoms. The maximum absolute atomic E-state index is 12.7. The molecule has 9 heteroatoms. The quantitative estimate of drug-likeness (QED) is 0.594. The van der Waals surface area contributed by atoms with E-state index in [4.69, 9.17) is 4.74 Å². The van der Waals surface area contributed by atoms with E-state index in [9.17, 15) is 31.4 Å². The van der Waals surface area contributed by atoms with Crippen LogP contribution in [0.1, 0.15) is 11.1 Å². The number of rotatable bonds is 0. The van der Waals surface area contributed by atoms with Crippen molar-refractivity contribution in [1.29, 1.82) is 0 Å². The summed E-state index contributed by atoms with van der Waals surface area (Å²) in [4.78, 5) is 0. The molecule has 1 aliphatic heterocycles. The van der Waals surface area contributed by atoms with Crippen molar-refractivity contribution < 1.29 is 36.1 Å². The van der Waals surface area contributed by atoms with Crippen LogP contribution in [0.5, 0.6) is 11.5 Å². The highest BCUT2D eigenvalue weighted by Gasteiger charge is 2.38. The summed E-state index contributed by atoms with van der Waals surface area (Å²) in [6.07, 6.45) is -9.27. The van der Waals surface area contributed by atoms with Gasteiger partial charge in [-0.25, -0.2) is 0 Å². The molecule has 0 fully saturated rings. The molecule has 120 valence electrons. The van der Waals surface area contributed by atoms with E-state index in [0.717, 1.165) is 24.3 Å². The van der Waals surface area contributed by atoms with Crippen LogP contribution in [0, 0.1) is 0 Å². The third kappa shape index (κ3) is 2.76. The molecule has 2 aromatic carbocycles. The zero-order valence-electron chi connectivity index (χ0n) is 11.2. The fourth-order valence-corrected chi connectivity index (χ4v) is 2.35. The van der Waals surface area contributed by atoms with Crippen molar-refractivity contribution in [2.75, 3.05) is 0 Å². The molecule has 23 heavy (non-hydrogen) atoms. The standard InChI is InChI=1S/C14H7BF6O2/c16-13(17,18)7-1-3-11-9(5-7)15(22)10-6-8(14(19,20)21)2-4-12(10)23-11/h1-6,22H. The Morgan fingerprint density at radius 2 is 1.13 bits per heavy atom. The summed E-state index contributed by atoms with van der Waals surface area (Å²) in [5, 5.41) is 10.2. The van der Waals surface area contributed by atoms with Crippen molar-refractivity contribution in [1.82, 2.24) is 0 Å². The second-order valence-electron chi connectivity index (χ2n) is 5.01. The maximum atomic E-state index is 12.7. The largest absolute Gasteiger partial charge is 0.458 e. The van der Waals surface area contributed by atoms with Gasteiger partial charge in [0.2, 0.25) is 0 Å². The summed E-state index contributed by atoms with van der Waals surface area (Å²) in [5.74, 6) is -0.0597. The predicted molar refractivity (Wildman–Crippen MR) is 70.2 cm³/mol. The number of halogens is 6. The van der Waals surface area contributed by atoms with E-state index in [1.54, 1.807) is 0 Å².